The van der Waals surface area contributed by atoms with Crippen molar-refractivity contribution in [2.75, 3.05) is 17.7 Å². The molecule has 0 bridgehead atoms. The van der Waals surface area contributed by atoms with Gasteiger partial charge in [0.15, 0.2) is 10.3 Å². The Morgan fingerprint density at radius 2 is 1.84 bits per heavy atom. The second kappa shape index (κ2) is 12.7. The lowest BCUT2D eigenvalue weighted by atomic mass is 10.2. The number of esters is 1. The maximum absolute atomic E-state index is 12.7. The average molecular weight is 552 g/mol. The number of nitrogens with one attached hydrogen (secondary N) is 1. The number of anilines is 1. The molecule has 0 aliphatic carbocycles. The fourth-order valence-electron chi connectivity index (χ4n) is 3.23. The van der Waals surface area contributed by atoms with E-state index in [4.69, 9.17) is 4.74 Å². The molecule has 8 nitrogen and oxygen atoms in total. The van der Waals surface area contributed by atoms with Crippen LogP contribution in [-0.4, -0.2) is 44.0 Å². The van der Waals surface area contributed by atoms with Gasteiger partial charge in [-0.3, -0.25) is 9.36 Å². The van der Waals surface area contributed by atoms with Gasteiger partial charge in [-0.2, -0.15) is 0 Å². The van der Waals surface area contributed by atoms with E-state index in [2.05, 4.69) is 58.3 Å². The van der Waals surface area contributed by atoms with Gasteiger partial charge in [0.25, 0.3) is 0 Å². The van der Waals surface area contributed by atoms with Crippen LogP contribution in [0.25, 0.3) is 5.69 Å². The summed E-state index contributed by atoms with van der Waals surface area (Å²) in [6, 6.07) is 18.2. The number of nitrogens with zero attached hydrogens (tertiary/aromatic N) is 4. The molecule has 1 amide bonds. The van der Waals surface area contributed by atoms with Gasteiger partial charge in [-0.1, -0.05) is 71.6 Å². The van der Waals surface area contributed by atoms with Crippen LogP contribution in [0, 0.1) is 13.8 Å². The summed E-state index contributed by atoms with van der Waals surface area (Å²) in [5.41, 5.74) is 2.64. The van der Waals surface area contributed by atoms with E-state index in [1.807, 2.05) is 34.9 Å². The normalized spacial score (nSPS) is 10.8. The monoisotopic (exact) mass is 551 g/mol. The molecular weight excluding hydrogens is 527 g/mol. The Hall–Kier alpha value is -3.41. The molecule has 2 aromatic heterocycles. The van der Waals surface area contributed by atoms with Crippen molar-refractivity contribution in [1.82, 2.24) is 19.7 Å². The first-order chi connectivity index (χ1) is 17.9. The topological polar surface area (TPSA) is 99.0 Å². The van der Waals surface area contributed by atoms with Crippen molar-refractivity contribution in [3.05, 3.63) is 89.2 Å². The molecule has 190 valence electrons. The number of thiazole rings is 1. The predicted molar refractivity (Wildman–Crippen MR) is 149 cm³/mol. The number of rotatable bonds is 11. The van der Waals surface area contributed by atoms with Gasteiger partial charge in [-0.15, -0.1) is 22.0 Å². The minimum atomic E-state index is -0.489. The highest BCUT2D eigenvalue weighted by Crippen LogP contribution is 2.28. The first kappa shape index (κ1) is 26.6. The molecule has 0 atom stereocenters. The van der Waals surface area contributed by atoms with Gasteiger partial charge in [-0.25, -0.2) is 9.78 Å². The van der Waals surface area contributed by atoms with E-state index in [1.54, 1.807) is 18.7 Å². The Morgan fingerprint density at radius 1 is 1.08 bits per heavy atom. The van der Waals surface area contributed by atoms with E-state index in [0.717, 1.165) is 27.7 Å². The average Bonchev–Trinajstić information content (AvgIpc) is 3.48. The molecule has 1 N–H and O–H groups in total. The van der Waals surface area contributed by atoms with Crippen LogP contribution in [0.15, 0.2) is 77.3 Å². The molecule has 4 aromatic rings. The lowest BCUT2D eigenvalue weighted by molar-refractivity contribution is -0.113. The van der Waals surface area contributed by atoms with Crippen LogP contribution in [0.1, 0.15) is 26.8 Å². The van der Waals surface area contributed by atoms with Crippen LogP contribution in [0.2, 0.25) is 0 Å². The molecule has 0 unspecified atom stereocenters. The fraction of sp³-hybridized carbons (Fsp3) is 0.192. The van der Waals surface area contributed by atoms with E-state index >= 15 is 0 Å². The van der Waals surface area contributed by atoms with Crippen LogP contribution in [0.5, 0.6) is 0 Å². The largest absolute Gasteiger partial charge is 0.457 e. The molecule has 0 fully saturated rings. The number of hydrogen-bond acceptors (Lipinski definition) is 9. The summed E-state index contributed by atoms with van der Waals surface area (Å²) >= 11 is 4.04. The standard InChI is InChI=1S/C26H25N5O3S3/c1-4-14-34-24(33)23-18(3)27-25(37-23)28-22(32)16-36-26-30-29-21(31(26)19-8-6-5-7-9-19)15-35-20-12-10-17(2)11-13-20/h4-13H,1,14-16H2,2-3H3,(H,27,28,32). The van der Waals surface area contributed by atoms with Crippen LogP contribution < -0.4 is 5.32 Å². The number of ether oxygens (including phenoxy) is 1. The number of aryl methyl sites for hydroxylation is 2. The number of amides is 1. The van der Waals surface area contributed by atoms with Crippen molar-refractivity contribution in [1.29, 1.82) is 0 Å². The van der Waals surface area contributed by atoms with Crippen molar-refractivity contribution in [2.24, 2.45) is 0 Å². The summed E-state index contributed by atoms with van der Waals surface area (Å²) < 4.78 is 7.04. The first-order valence-corrected chi connectivity index (χ1v) is 14.1. The van der Waals surface area contributed by atoms with Crippen molar-refractivity contribution in [2.45, 2.75) is 29.7 Å². The molecule has 0 aliphatic heterocycles. The molecule has 4 rings (SSSR count). The third-order valence-corrected chi connectivity index (χ3v) is 7.99. The molecule has 0 radical (unpaired) electrons. The minimum absolute atomic E-state index is 0.102. The highest BCUT2D eigenvalue weighted by molar-refractivity contribution is 7.99. The van der Waals surface area contributed by atoms with Crippen LogP contribution >= 0.6 is 34.9 Å². The van der Waals surface area contributed by atoms with E-state index < -0.39 is 5.97 Å². The zero-order valence-corrected chi connectivity index (χ0v) is 22.8. The zero-order chi connectivity index (χ0) is 26.2. The SMILES string of the molecule is C=CCOC(=O)c1sc(NC(=O)CSc2nnc(CSc3ccc(C)cc3)n2-c2ccccc2)nc1C. The van der Waals surface area contributed by atoms with E-state index in [0.29, 0.717) is 26.6 Å². The number of aromatic nitrogens is 4. The van der Waals surface area contributed by atoms with Crippen LogP contribution in [-0.2, 0) is 15.3 Å². The zero-order valence-electron chi connectivity index (χ0n) is 20.3. The number of benzene rings is 2. The van der Waals surface area contributed by atoms with E-state index in [9.17, 15) is 9.59 Å². The minimum Gasteiger partial charge on any atom is -0.457 e. The molecule has 0 spiro atoms. The van der Waals surface area contributed by atoms with Crippen molar-refractivity contribution >= 4 is 51.9 Å². The molecule has 11 heteroatoms. The second-order valence-electron chi connectivity index (χ2n) is 7.83. The van der Waals surface area contributed by atoms with Gasteiger partial charge in [0, 0.05) is 10.6 Å². The van der Waals surface area contributed by atoms with E-state index in [-0.39, 0.29) is 18.3 Å². The fourth-order valence-corrected chi connectivity index (χ4v) is 5.69. The number of carbonyl (C=O) groups is 2. The molecule has 0 saturated heterocycles. The molecule has 37 heavy (non-hydrogen) atoms. The predicted octanol–water partition coefficient (Wildman–Crippen LogP) is 5.71. The van der Waals surface area contributed by atoms with Gasteiger partial charge in [0.2, 0.25) is 5.91 Å². The molecule has 2 heterocycles. The number of thioether (sulfide) groups is 2. The Labute approximate surface area is 227 Å². The number of carbonyl (C=O) groups excluding carboxylic acids is 2. The highest BCUT2D eigenvalue weighted by Gasteiger charge is 2.19. The quantitative estimate of drug-likeness (QED) is 0.144. The third kappa shape index (κ3) is 7.09. The summed E-state index contributed by atoms with van der Waals surface area (Å²) in [6.07, 6.45) is 1.50. The van der Waals surface area contributed by atoms with Crippen molar-refractivity contribution < 1.29 is 14.3 Å². The summed E-state index contributed by atoms with van der Waals surface area (Å²) in [7, 11) is 0. The van der Waals surface area contributed by atoms with Gasteiger partial charge in [0.1, 0.15) is 17.3 Å². The maximum Gasteiger partial charge on any atom is 0.350 e. The van der Waals surface area contributed by atoms with Gasteiger partial charge in [-0.05, 0) is 38.1 Å². The number of hydrogen-bond donors (Lipinski definition) is 1. The highest BCUT2D eigenvalue weighted by atomic mass is 32.2. The lowest BCUT2D eigenvalue weighted by Crippen LogP contribution is -2.14. The first-order valence-electron chi connectivity index (χ1n) is 11.3. The Bertz CT molecular complexity index is 1380. The molecular formula is C26H25N5O3S3. The van der Waals surface area contributed by atoms with Gasteiger partial charge < -0.3 is 10.1 Å². The van der Waals surface area contributed by atoms with Crippen LogP contribution in [0.3, 0.4) is 0 Å². The van der Waals surface area contributed by atoms with Crippen LogP contribution in [0.4, 0.5) is 5.13 Å². The smallest absolute Gasteiger partial charge is 0.350 e. The Balaban J connectivity index is 1.44. The molecule has 0 aliphatic rings. The second-order valence-corrected chi connectivity index (χ2v) is 10.8. The molecule has 2 aromatic carbocycles. The third-order valence-electron chi connectivity index (χ3n) is 5.00. The summed E-state index contributed by atoms with van der Waals surface area (Å²) in [6.45, 7) is 7.41. The summed E-state index contributed by atoms with van der Waals surface area (Å²) in [5.74, 6) is 0.767. The lowest BCUT2D eigenvalue weighted by Gasteiger charge is -2.10. The summed E-state index contributed by atoms with van der Waals surface area (Å²) in [4.78, 5) is 30.6. The maximum atomic E-state index is 12.7. The molecule has 0 saturated carbocycles. The van der Waals surface area contributed by atoms with Gasteiger partial charge >= 0.3 is 5.97 Å². The van der Waals surface area contributed by atoms with Gasteiger partial charge in [0.05, 0.1) is 17.2 Å². The number of para-hydroxylation sites is 1. The van der Waals surface area contributed by atoms with Crippen molar-refractivity contribution in [3.8, 4) is 5.69 Å². The Kier molecular flexibility index (Phi) is 9.15. The van der Waals surface area contributed by atoms with E-state index in [1.165, 1.54) is 23.4 Å². The Morgan fingerprint density at radius 3 is 2.57 bits per heavy atom. The summed E-state index contributed by atoms with van der Waals surface area (Å²) in [5, 5.41) is 12.5. The van der Waals surface area contributed by atoms with Crippen molar-refractivity contribution in [3.63, 3.8) is 0 Å².